The topological polar surface area (TPSA) is 38.3 Å². The summed E-state index contributed by atoms with van der Waals surface area (Å²) < 4.78 is 5.11. The maximum atomic E-state index is 12.1. The van der Waals surface area contributed by atoms with Gasteiger partial charge >= 0.3 is 0 Å². The van der Waals surface area contributed by atoms with Crippen molar-refractivity contribution >= 4 is 23.1 Å². The molecule has 0 aliphatic heterocycles. The molecule has 0 saturated heterocycles. The lowest BCUT2D eigenvalue weighted by Gasteiger charge is -2.07. The van der Waals surface area contributed by atoms with Crippen molar-refractivity contribution in [2.45, 2.75) is 20.1 Å². The van der Waals surface area contributed by atoms with Crippen LogP contribution in [0.4, 0.5) is 0 Å². The van der Waals surface area contributed by atoms with Gasteiger partial charge in [0.05, 0.1) is 6.61 Å². The third-order valence-corrected chi connectivity index (χ3v) is 3.63. The number of benzene rings is 2. The number of hydrogen-bond acceptors (Lipinski definition) is 2. The number of methoxy groups -OCH3 is 1. The lowest BCUT2D eigenvalue weighted by molar-refractivity contribution is -0.116. The number of ether oxygens (including phenoxy) is 1. The van der Waals surface area contributed by atoms with Gasteiger partial charge in [-0.2, -0.15) is 0 Å². The number of amides is 1. The largest absolute Gasteiger partial charge is 0.380 e. The molecule has 2 rings (SSSR count). The van der Waals surface area contributed by atoms with Crippen LogP contribution in [-0.2, 0) is 22.7 Å². The third-order valence-electron chi connectivity index (χ3n) is 3.40. The minimum atomic E-state index is -0.125. The summed E-state index contributed by atoms with van der Waals surface area (Å²) in [5.74, 6) is -0.125. The van der Waals surface area contributed by atoms with Crippen LogP contribution in [0.15, 0.2) is 54.6 Å². The molecule has 0 atom stereocenters. The summed E-state index contributed by atoms with van der Waals surface area (Å²) in [5, 5.41) is 3.55. The van der Waals surface area contributed by atoms with Gasteiger partial charge in [-0.25, -0.2) is 0 Å². The molecule has 0 radical (unpaired) electrons. The Labute approximate surface area is 141 Å². The maximum absolute atomic E-state index is 12.1. The number of rotatable bonds is 6. The predicted molar refractivity (Wildman–Crippen MR) is 94.1 cm³/mol. The average Bonchev–Trinajstić information content (AvgIpc) is 2.54. The van der Waals surface area contributed by atoms with Crippen molar-refractivity contribution in [3.05, 3.63) is 76.3 Å². The van der Waals surface area contributed by atoms with Crippen LogP contribution in [0.25, 0.3) is 5.57 Å². The smallest absolute Gasteiger partial charge is 0.244 e. The van der Waals surface area contributed by atoms with Crippen molar-refractivity contribution in [3.63, 3.8) is 0 Å². The van der Waals surface area contributed by atoms with Gasteiger partial charge in [-0.1, -0.05) is 48.0 Å². The molecule has 2 aromatic rings. The van der Waals surface area contributed by atoms with E-state index in [0.29, 0.717) is 18.2 Å². The van der Waals surface area contributed by atoms with Gasteiger partial charge < -0.3 is 10.1 Å². The zero-order chi connectivity index (χ0) is 16.7. The number of carbonyl (C=O) groups is 1. The van der Waals surface area contributed by atoms with Crippen LogP contribution in [0.3, 0.4) is 0 Å². The number of carbonyl (C=O) groups excluding carboxylic acids is 1. The molecule has 2 aromatic carbocycles. The third kappa shape index (κ3) is 5.55. The number of halogens is 1. The molecule has 23 heavy (non-hydrogen) atoms. The highest BCUT2D eigenvalue weighted by molar-refractivity contribution is 6.30. The predicted octanol–water partition coefficient (Wildman–Crippen LogP) is 4.21. The molecule has 0 aromatic heterocycles. The van der Waals surface area contributed by atoms with E-state index in [0.717, 1.165) is 22.3 Å². The molecule has 0 saturated carbocycles. The zero-order valence-corrected chi connectivity index (χ0v) is 14.1. The normalized spacial score (nSPS) is 11.3. The molecule has 0 aliphatic carbocycles. The fourth-order valence-electron chi connectivity index (χ4n) is 2.25. The van der Waals surface area contributed by atoms with Crippen LogP contribution < -0.4 is 5.32 Å². The lowest BCUT2D eigenvalue weighted by Crippen LogP contribution is -2.20. The highest BCUT2D eigenvalue weighted by atomic mass is 35.5. The van der Waals surface area contributed by atoms with E-state index in [2.05, 4.69) is 5.32 Å². The van der Waals surface area contributed by atoms with Crippen LogP contribution >= 0.6 is 11.6 Å². The Morgan fingerprint density at radius 1 is 1.17 bits per heavy atom. The van der Waals surface area contributed by atoms with Crippen LogP contribution in [-0.4, -0.2) is 13.0 Å². The first kappa shape index (κ1) is 17.3. The van der Waals surface area contributed by atoms with E-state index < -0.39 is 0 Å². The van der Waals surface area contributed by atoms with Gasteiger partial charge in [-0.05, 0) is 41.3 Å². The van der Waals surface area contributed by atoms with Gasteiger partial charge in [0.15, 0.2) is 0 Å². The van der Waals surface area contributed by atoms with Gasteiger partial charge in [0.2, 0.25) is 5.91 Å². The van der Waals surface area contributed by atoms with Crippen molar-refractivity contribution in [2.24, 2.45) is 0 Å². The highest BCUT2D eigenvalue weighted by Crippen LogP contribution is 2.18. The molecule has 4 heteroatoms. The van der Waals surface area contributed by atoms with Crippen LogP contribution in [0.2, 0.25) is 5.02 Å². The van der Waals surface area contributed by atoms with E-state index >= 15 is 0 Å². The van der Waals surface area contributed by atoms with Crippen LogP contribution in [0, 0.1) is 0 Å². The Balaban J connectivity index is 1.97. The van der Waals surface area contributed by atoms with Gasteiger partial charge in [0, 0.05) is 24.8 Å². The number of hydrogen-bond donors (Lipinski definition) is 1. The molecule has 1 N–H and O–H groups in total. The molecule has 0 heterocycles. The van der Waals surface area contributed by atoms with E-state index in [9.17, 15) is 4.79 Å². The minimum Gasteiger partial charge on any atom is -0.380 e. The molecule has 3 nitrogen and oxygen atoms in total. The molecule has 0 bridgehead atoms. The summed E-state index contributed by atoms with van der Waals surface area (Å²) in [6, 6.07) is 15.4. The van der Waals surface area contributed by atoms with Gasteiger partial charge in [0.25, 0.3) is 0 Å². The first-order valence-electron chi connectivity index (χ1n) is 7.37. The van der Waals surface area contributed by atoms with E-state index in [-0.39, 0.29) is 5.91 Å². The summed E-state index contributed by atoms with van der Waals surface area (Å²) in [5.41, 5.74) is 3.94. The Hall–Kier alpha value is -2.10. The minimum absolute atomic E-state index is 0.125. The van der Waals surface area contributed by atoms with E-state index in [1.165, 1.54) is 0 Å². The maximum Gasteiger partial charge on any atom is 0.244 e. The molecule has 1 amide bonds. The lowest BCUT2D eigenvalue weighted by atomic mass is 10.1. The van der Waals surface area contributed by atoms with Gasteiger partial charge in [-0.3, -0.25) is 4.79 Å². The Morgan fingerprint density at radius 2 is 1.91 bits per heavy atom. The van der Waals surface area contributed by atoms with Crippen molar-refractivity contribution in [2.75, 3.05) is 7.11 Å². The van der Waals surface area contributed by atoms with E-state index in [1.54, 1.807) is 13.2 Å². The van der Waals surface area contributed by atoms with Gasteiger partial charge in [0.1, 0.15) is 0 Å². The molecule has 0 unspecified atom stereocenters. The second-order valence-corrected chi connectivity index (χ2v) is 5.74. The average molecular weight is 330 g/mol. The molecular formula is C19H20ClNO2. The Kier molecular flexibility index (Phi) is 6.39. The Morgan fingerprint density at radius 3 is 2.65 bits per heavy atom. The molecule has 0 spiro atoms. The molecule has 120 valence electrons. The standard InChI is InChI=1S/C19H20ClNO2/c1-14(17-7-4-8-18(20)11-17)9-19(22)21-12-15-5-3-6-16(10-15)13-23-2/h3-11H,12-13H2,1-2H3,(H,21,22)/b14-9+. The van der Waals surface area contributed by atoms with Crippen molar-refractivity contribution in [1.82, 2.24) is 5.32 Å². The highest BCUT2D eigenvalue weighted by Gasteiger charge is 2.02. The molecular weight excluding hydrogens is 310 g/mol. The SMILES string of the molecule is COCc1cccc(CNC(=O)/C=C(\C)c2cccc(Cl)c2)c1. The molecule has 0 fully saturated rings. The quantitative estimate of drug-likeness (QED) is 0.806. The summed E-state index contributed by atoms with van der Waals surface area (Å²) in [6.07, 6.45) is 1.59. The number of allylic oxidation sites excluding steroid dienone is 1. The first-order chi connectivity index (χ1) is 11.1. The Bertz CT molecular complexity index is 710. The van der Waals surface area contributed by atoms with Crippen molar-refractivity contribution in [1.29, 1.82) is 0 Å². The second kappa shape index (κ2) is 8.51. The number of nitrogens with one attached hydrogen (secondary N) is 1. The summed E-state index contributed by atoms with van der Waals surface area (Å²) in [4.78, 5) is 12.1. The van der Waals surface area contributed by atoms with E-state index in [1.807, 2.05) is 55.5 Å². The fraction of sp³-hybridized carbons (Fsp3) is 0.211. The monoisotopic (exact) mass is 329 g/mol. The molecule has 0 aliphatic rings. The second-order valence-electron chi connectivity index (χ2n) is 5.31. The summed E-state index contributed by atoms with van der Waals surface area (Å²) in [7, 11) is 1.66. The van der Waals surface area contributed by atoms with Crippen molar-refractivity contribution in [3.8, 4) is 0 Å². The fourth-order valence-corrected chi connectivity index (χ4v) is 2.44. The van der Waals surface area contributed by atoms with Gasteiger partial charge in [-0.15, -0.1) is 0 Å². The summed E-state index contributed by atoms with van der Waals surface area (Å²) >= 11 is 5.97. The zero-order valence-electron chi connectivity index (χ0n) is 13.3. The van der Waals surface area contributed by atoms with Crippen molar-refractivity contribution < 1.29 is 9.53 Å². The van der Waals surface area contributed by atoms with Crippen LogP contribution in [0.1, 0.15) is 23.6 Å². The van der Waals surface area contributed by atoms with Crippen LogP contribution in [0.5, 0.6) is 0 Å². The summed E-state index contributed by atoms with van der Waals surface area (Å²) in [6.45, 7) is 2.94. The first-order valence-corrected chi connectivity index (χ1v) is 7.75. The van der Waals surface area contributed by atoms with E-state index in [4.69, 9.17) is 16.3 Å².